The molecule has 0 aliphatic carbocycles. The van der Waals surface area contributed by atoms with Crippen molar-refractivity contribution in [1.82, 2.24) is 0 Å². The number of amides is 1. The summed E-state index contributed by atoms with van der Waals surface area (Å²) in [7, 11) is 0. The molecule has 2 N–H and O–H groups in total. The molecule has 0 bridgehead atoms. The number of rotatable bonds is 3. The maximum atomic E-state index is 9.90. The summed E-state index contributed by atoms with van der Waals surface area (Å²) >= 11 is 6.51. The Kier molecular flexibility index (Phi) is 4.34. The zero-order valence-electron chi connectivity index (χ0n) is 3.69. The van der Waals surface area contributed by atoms with Crippen molar-refractivity contribution in [3.8, 4) is 0 Å². The van der Waals surface area contributed by atoms with Crippen molar-refractivity contribution in [2.24, 2.45) is 5.73 Å². The topological polar surface area (TPSA) is 43.1 Å². The lowest BCUT2D eigenvalue weighted by Crippen LogP contribution is -2.12. The molecule has 4 heteroatoms. The van der Waals surface area contributed by atoms with Gasteiger partial charge in [-0.25, -0.2) is 0 Å². The normalized spacial score (nSPS) is 8.71. The van der Waals surface area contributed by atoms with Crippen LogP contribution in [-0.2, 0) is 4.79 Å². The van der Waals surface area contributed by atoms with Crippen LogP contribution in [0.1, 0.15) is 0 Å². The summed E-state index contributed by atoms with van der Waals surface area (Å²) in [6.07, 6.45) is 0. The molecular formula is C3H6ClNOS. The molecule has 0 rings (SSSR count). The molecule has 2 nitrogen and oxygen atoms in total. The second-order valence-electron chi connectivity index (χ2n) is 0.924. The van der Waals surface area contributed by atoms with Gasteiger partial charge in [0.05, 0.1) is 11.0 Å². The molecule has 42 valence electrons. The number of alkyl halides is 1. The van der Waals surface area contributed by atoms with E-state index in [2.05, 4.69) is 0 Å². The number of hydrogen-bond donors (Lipinski definition) is 1. The molecule has 0 heterocycles. The van der Waals surface area contributed by atoms with Gasteiger partial charge in [0, 0.05) is 0 Å². The number of primary amides is 1. The van der Waals surface area contributed by atoms with Gasteiger partial charge < -0.3 is 5.73 Å². The molecule has 0 atom stereocenters. The molecule has 0 unspecified atom stereocenters. The first-order valence-corrected chi connectivity index (χ1v) is 3.38. The van der Waals surface area contributed by atoms with Crippen LogP contribution in [0.15, 0.2) is 0 Å². The lowest BCUT2D eigenvalue weighted by Gasteiger charge is -1.86. The van der Waals surface area contributed by atoms with Gasteiger partial charge in [-0.3, -0.25) is 4.79 Å². The van der Waals surface area contributed by atoms with Crippen LogP contribution < -0.4 is 5.73 Å². The van der Waals surface area contributed by atoms with Gasteiger partial charge in [0.2, 0.25) is 5.91 Å². The summed E-state index contributed by atoms with van der Waals surface area (Å²) in [5.74, 6) is 0.00870. The monoisotopic (exact) mass is 139 g/mol. The SMILES string of the molecule is NC(=O)CSCCl. The Bertz CT molecular complexity index is 68.0. The molecule has 0 aromatic heterocycles. The number of nitrogens with two attached hydrogens (primary N) is 1. The Morgan fingerprint density at radius 2 is 2.43 bits per heavy atom. The fraction of sp³-hybridized carbons (Fsp3) is 0.667. The minimum absolute atomic E-state index is 0.314. The van der Waals surface area contributed by atoms with E-state index in [0.29, 0.717) is 11.0 Å². The van der Waals surface area contributed by atoms with E-state index in [1.165, 1.54) is 11.8 Å². The molecule has 0 spiro atoms. The lowest BCUT2D eigenvalue weighted by atomic mass is 10.8. The molecule has 1 amide bonds. The van der Waals surface area contributed by atoms with Crippen molar-refractivity contribution < 1.29 is 4.79 Å². The standard InChI is InChI=1S/C3H6ClNOS/c4-2-7-1-3(5)6/h1-2H2,(H2,5,6). The summed E-state index contributed by atoms with van der Waals surface area (Å²) in [6, 6.07) is 0. The number of hydrogen-bond acceptors (Lipinski definition) is 2. The molecule has 0 aromatic rings. The number of carbonyl (C=O) groups excluding carboxylic acids is 1. The summed E-state index contributed by atoms with van der Waals surface area (Å²) < 4.78 is 0. The van der Waals surface area contributed by atoms with Gasteiger partial charge in [-0.2, -0.15) is 0 Å². The zero-order chi connectivity index (χ0) is 5.70. The van der Waals surface area contributed by atoms with E-state index in [-0.39, 0.29) is 5.91 Å². The molecule has 0 aliphatic rings. The molecule has 7 heavy (non-hydrogen) atoms. The molecule has 0 saturated carbocycles. The highest BCUT2D eigenvalue weighted by Crippen LogP contribution is 1.99. The molecule has 0 saturated heterocycles. The number of thioether (sulfide) groups is 1. The third-order valence-electron chi connectivity index (χ3n) is 0.321. The predicted molar refractivity (Wildman–Crippen MR) is 32.4 cm³/mol. The van der Waals surface area contributed by atoms with E-state index < -0.39 is 0 Å². The van der Waals surface area contributed by atoms with Gasteiger partial charge in [0.25, 0.3) is 0 Å². The van der Waals surface area contributed by atoms with Gasteiger partial charge in [-0.1, -0.05) is 0 Å². The fourth-order valence-corrected chi connectivity index (χ4v) is 0.649. The second-order valence-corrected chi connectivity index (χ2v) is 2.49. The van der Waals surface area contributed by atoms with Crippen molar-refractivity contribution in [3.63, 3.8) is 0 Å². The Morgan fingerprint density at radius 1 is 1.86 bits per heavy atom. The number of carbonyl (C=O) groups is 1. The minimum atomic E-state index is -0.314. The first-order chi connectivity index (χ1) is 3.27. The van der Waals surface area contributed by atoms with E-state index in [0.717, 1.165) is 0 Å². The molecule has 0 aromatic carbocycles. The van der Waals surface area contributed by atoms with Gasteiger partial charge >= 0.3 is 0 Å². The Labute approximate surface area is 51.4 Å². The van der Waals surface area contributed by atoms with E-state index in [9.17, 15) is 4.79 Å². The van der Waals surface area contributed by atoms with E-state index in [1.807, 2.05) is 0 Å². The largest absolute Gasteiger partial charge is 0.369 e. The average Bonchev–Trinajstić information content (AvgIpc) is 1.61. The highest BCUT2D eigenvalue weighted by atomic mass is 35.5. The third-order valence-corrected chi connectivity index (χ3v) is 1.43. The maximum Gasteiger partial charge on any atom is 0.227 e. The zero-order valence-corrected chi connectivity index (χ0v) is 5.26. The Morgan fingerprint density at radius 3 is 2.57 bits per heavy atom. The maximum absolute atomic E-state index is 9.90. The summed E-state index contributed by atoms with van der Waals surface area (Å²) in [5.41, 5.74) is 4.76. The third kappa shape index (κ3) is 6.11. The summed E-state index contributed by atoms with van der Waals surface area (Å²) in [4.78, 5) is 9.90. The van der Waals surface area contributed by atoms with Crippen molar-refractivity contribution in [3.05, 3.63) is 0 Å². The van der Waals surface area contributed by atoms with Crippen molar-refractivity contribution >= 4 is 29.3 Å². The van der Waals surface area contributed by atoms with Gasteiger partial charge in [-0.05, 0) is 0 Å². The van der Waals surface area contributed by atoms with Crippen LogP contribution in [-0.4, -0.2) is 16.9 Å². The Balaban J connectivity index is 2.82. The minimum Gasteiger partial charge on any atom is -0.369 e. The van der Waals surface area contributed by atoms with E-state index in [1.54, 1.807) is 0 Å². The van der Waals surface area contributed by atoms with Crippen LogP contribution in [0, 0.1) is 0 Å². The molecule has 0 fully saturated rings. The van der Waals surface area contributed by atoms with Crippen LogP contribution >= 0.6 is 23.4 Å². The van der Waals surface area contributed by atoms with Crippen LogP contribution in [0.2, 0.25) is 0 Å². The second kappa shape index (κ2) is 4.27. The fourth-order valence-electron chi connectivity index (χ4n) is 0.139. The van der Waals surface area contributed by atoms with Crippen molar-refractivity contribution in [2.45, 2.75) is 0 Å². The lowest BCUT2D eigenvalue weighted by molar-refractivity contribution is -0.115. The van der Waals surface area contributed by atoms with Crippen LogP contribution in [0.3, 0.4) is 0 Å². The van der Waals surface area contributed by atoms with Crippen molar-refractivity contribution in [2.75, 3.05) is 11.0 Å². The number of halogens is 1. The molecule has 0 aliphatic heterocycles. The van der Waals surface area contributed by atoms with Crippen LogP contribution in [0.5, 0.6) is 0 Å². The van der Waals surface area contributed by atoms with Crippen molar-refractivity contribution in [1.29, 1.82) is 0 Å². The van der Waals surface area contributed by atoms with Gasteiger partial charge in [0.1, 0.15) is 0 Å². The van der Waals surface area contributed by atoms with Crippen LogP contribution in [0.25, 0.3) is 0 Å². The average molecular weight is 140 g/mol. The first kappa shape index (κ1) is 7.11. The van der Waals surface area contributed by atoms with Gasteiger partial charge in [0.15, 0.2) is 0 Å². The van der Waals surface area contributed by atoms with E-state index >= 15 is 0 Å². The van der Waals surface area contributed by atoms with Gasteiger partial charge in [-0.15, -0.1) is 23.4 Å². The van der Waals surface area contributed by atoms with Crippen LogP contribution in [0.4, 0.5) is 0 Å². The van der Waals surface area contributed by atoms with E-state index in [4.69, 9.17) is 17.3 Å². The summed E-state index contributed by atoms with van der Waals surface area (Å²) in [6.45, 7) is 0. The molecular weight excluding hydrogens is 134 g/mol. The summed E-state index contributed by atoms with van der Waals surface area (Å²) in [5, 5.41) is 0.433. The smallest absolute Gasteiger partial charge is 0.227 e. The highest BCUT2D eigenvalue weighted by molar-refractivity contribution is 8.00. The Hall–Kier alpha value is 0.110. The highest BCUT2D eigenvalue weighted by Gasteiger charge is 1.89. The first-order valence-electron chi connectivity index (χ1n) is 1.69. The predicted octanol–water partition coefficient (Wildman–Crippen LogP) is 0.401. The quantitative estimate of drug-likeness (QED) is 0.576. The molecule has 0 radical (unpaired) electrons.